The van der Waals surface area contributed by atoms with E-state index in [0.29, 0.717) is 13.1 Å². The monoisotopic (exact) mass is 178 g/mol. The van der Waals surface area contributed by atoms with Crippen LogP contribution >= 0.6 is 0 Å². The first-order valence-electron chi connectivity index (χ1n) is 3.69. The lowest BCUT2D eigenvalue weighted by Gasteiger charge is -2.12. The molecule has 0 radical (unpaired) electrons. The van der Waals surface area contributed by atoms with Crippen LogP contribution in [0.4, 0.5) is 0 Å². The fourth-order valence-electron chi connectivity index (χ4n) is 0.697. The molecule has 68 valence electrons. The number of rotatable bonds is 5. The number of hydrogen-bond acceptors (Lipinski definition) is 6. The highest BCUT2D eigenvalue weighted by Gasteiger charge is 2.14. The fourth-order valence-corrected chi connectivity index (χ4v) is 0.697. The maximum atomic E-state index is 8.59. The molecule has 0 aromatic heterocycles. The predicted molar refractivity (Wildman–Crippen MR) is 44.4 cm³/mol. The average Bonchev–Trinajstić information content (AvgIpc) is 2.17. The Morgan fingerprint density at radius 2 is 1.92 bits per heavy atom. The van der Waals surface area contributed by atoms with Gasteiger partial charge in [0.1, 0.15) is 0 Å². The van der Waals surface area contributed by atoms with Gasteiger partial charge in [0.15, 0.2) is 18.4 Å². The molecule has 0 rings (SSSR count). The minimum absolute atomic E-state index is 0.259. The molecule has 0 amide bonds. The van der Waals surface area contributed by atoms with E-state index in [1.54, 1.807) is 12.4 Å². The molecule has 0 aliphatic heterocycles. The molecule has 1 atom stereocenters. The van der Waals surface area contributed by atoms with Gasteiger partial charge in [-0.05, 0) is 0 Å². The number of hydrogen-bond donors (Lipinski definition) is 2. The van der Waals surface area contributed by atoms with Gasteiger partial charge in [0.25, 0.3) is 0 Å². The van der Waals surface area contributed by atoms with Gasteiger partial charge in [-0.15, -0.1) is 0 Å². The third-order valence-corrected chi connectivity index (χ3v) is 1.33. The van der Waals surface area contributed by atoms with Crippen LogP contribution in [-0.4, -0.2) is 30.6 Å². The first-order chi connectivity index (χ1) is 6.29. The summed E-state index contributed by atoms with van der Waals surface area (Å²) in [5.74, 6) is 0. The molecule has 0 fully saturated rings. The Bertz CT molecular complexity index is 240. The Morgan fingerprint density at radius 3 is 2.31 bits per heavy atom. The Morgan fingerprint density at radius 1 is 1.31 bits per heavy atom. The lowest BCUT2D eigenvalue weighted by Crippen LogP contribution is -2.37. The predicted octanol–water partition coefficient (Wildman–Crippen LogP) is -1.31. The summed E-state index contributed by atoms with van der Waals surface area (Å²) < 4.78 is 0. The molecule has 3 N–H and O–H groups in total. The van der Waals surface area contributed by atoms with Gasteiger partial charge in [-0.1, -0.05) is 0 Å². The normalized spacial score (nSPS) is 10.6. The third-order valence-electron chi connectivity index (χ3n) is 1.33. The van der Waals surface area contributed by atoms with Crippen molar-refractivity contribution in [2.24, 2.45) is 5.73 Å². The van der Waals surface area contributed by atoms with E-state index < -0.39 is 6.04 Å². The van der Waals surface area contributed by atoms with Crippen LogP contribution in [-0.2, 0) is 0 Å². The van der Waals surface area contributed by atoms with Gasteiger partial charge in [0.05, 0.1) is 6.07 Å². The molecular weight excluding hydrogens is 168 g/mol. The average molecular weight is 178 g/mol. The second-order valence-electron chi connectivity index (χ2n) is 2.21. The van der Waals surface area contributed by atoms with Crippen LogP contribution < -0.4 is 11.1 Å². The molecule has 0 aliphatic rings. The Labute approximate surface area is 76.8 Å². The number of nitrogens with zero attached hydrogens (tertiary/aromatic N) is 4. The highest BCUT2D eigenvalue weighted by molar-refractivity contribution is 5.03. The molecule has 13 heavy (non-hydrogen) atoms. The summed E-state index contributed by atoms with van der Waals surface area (Å²) in [6.07, 6.45) is 3.22. The van der Waals surface area contributed by atoms with E-state index >= 15 is 0 Å². The van der Waals surface area contributed by atoms with Crippen LogP contribution in [0.25, 0.3) is 0 Å². The quantitative estimate of drug-likeness (QED) is 0.307. The maximum Gasteiger partial charge on any atom is 0.195 e. The number of nitrogens with two attached hydrogens (primary N) is 1. The summed E-state index contributed by atoms with van der Waals surface area (Å²) in [7, 11) is 0. The van der Waals surface area contributed by atoms with Crippen molar-refractivity contribution in [1.82, 2.24) is 10.2 Å². The summed E-state index contributed by atoms with van der Waals surface area (Å²) in [5.41, 5.74) is 5.21. The van der Waals surface area contributed by atoms with Crippen LogP contribution in [0.5, 0.6) is 0 Å². The van der Waals surface area contributed by atoms with Gasteiger partial charge >= 0.3 is 0 Å². The van der Waals surface area contributed by atoms with E-state index in [1.807, 2.05) is 6.07 Å². The van der Waals surface area contributed by atoms with Crippen LogP contribution in [0.2, 0.25) is 0 Å². The maximum absolute atomic E-state index is 8.59. The van der Waals surface area contributed by atoms with Crippen molar-refractivity contribution in [2.45, 2.75) is 6.04 Å². The van der Waals surface area contributed by atoms with E-state index in [9.17, 15) is 0 Å². The molecule has 0 saturated carbocycles. The molecule has 0 aromatic rings. The van der Waals surface area contributed by atoms with Gasteiger partial charge in [-0.25, -0.2) is 0 Å². The SMILES string of the molecule is N#CC(CNCCN)N(C#N)C#N. The number of nitrogens with one attached hydrogen (secondary N) is 1. The summed E-state index contributed by atoms with van der Waals surface area (Å²) in [6, 6.07) is 1.09. The van der Waals surface area contributed by atoms with Crippen molar-refractivity contribution in [3.63, 3.8) is 0 Å². The van der Waals surface area contributed by atoms with Crippen LogP contribution in [0.15, 0.2) is 0 Å². The van der Waals surface area contributed by atoms with Gasteiger partial charge < -0.3 is 11.1 Å². The Balaban J connectivity index is 3.99. The zero-order valence-corrected chi connectivity index (χ0v) is 7.06. The Hall–Kier alpha value is -1.81. The fraction of sp³-hybridized carbons (Fsp3) is 0.571. The lowest BCUT2D eigenvalue weighted by atomic mass is 10.3. The Kier molecular flexibility index (Phi) is 5.92. The summed E-state index contributed by atoms with van der Waals surface area (Å²) in [5, 5.41) is 28.3. The molecule has 1 unspecified atom stereocenters. The van der Waals surface area contributed by atoms with Gasteiger partial charge in [-0.2, -0.15) is 20.7 Å². The minimum atomic E-state index is -0.749. The van der Waals surface area contributed by atoms with Crippen molar-refractivity contribution in [3.8, 4) is 18.5 Å². The lowest BCUT2D eigenvalue weighted by molar-refractivity contribution is 0.439. The van der Waals surface area contributed by atoms with E-state index in [0.717, 1.165) is 4.90 Å². The van der Waals surface area contributed by atoms with Crippen molar-refractivity contribution in [3.05, 3.63) is 0 Å². The van der Waals surface area contributed by atoms with Crippen molar-refractivity contribution >= 4 is 0 Å². The molecule has 0 bridgehead atoms. The van der Waals surface area contributed by atoms with E-state index in [2.05, 4.69) is 5.32 Å². The summed E-state index contributed by atoms with van der Waals surface area (Å²) >= 11 is 0. The smallest absolute Gasteiger partial charge is 0.195 e. The standard InChI is InChI=1S/C7H10N6/c8-1-2-12-4-7(3-9)13(5-10)6-11/h7,12H,1-2,4,8H2. The third kappa shape index (κ3) is 3.93. The van der Waals surface area contributed by atoms with E-state index in [-0.39, 0.29) is 6.54 Å². The molecule has 6 heteroatoms. The van der Waals surface area contributed by atoms with Gasteiger partial charge in [0.2, 0.25) is 0 Å². The molecule has 0 aliphatic carbocycles. The minimum Gasteiger partial charge on any atom is -0.329 e. The van der Waals surface area contributed by atoms with Gasteiger partial charge in [0, 0.05) is 19.6 Å². The first-order valence-corrected chi connectivity index (χ1v) is 3.69. The van der Waals surface area contributed by atoms with Gasteiger partial charge in [-0.3, -0.25) is 0 Å². The first kappa shape index (κ1) is 11.2. The van der Waals surface area contributed by atoms with Crippen LogP contribution in [0, 0.1) is 34.2 Å². The molecule has 0 spiro atoms. The topological polar surface area (TPSA) is 113 Å². The summed E-state index contributed by atoms with van der Waals surface area (Å²) in [4.78, 5) is 0.740. The summed E-state index contributed by atoms with van der Waals surface area (Å²) in [6.45, 7) is 1.27. The highest BCUT2D eigenvalue weighted by atomic mass is 15.2. The van der Waals surface area contributed by atoms with E-state index in [1.165, 1.54) is 0 Å². The largest absolute Gasteiger partial charge is 0.329 e. The van der Waals surface area contributed by atoms with Crippen molar-refractivity contribution in [1.29, 1.82) is 15.8 Å². The molecule has 0 saturated heterocycles. The van der Waals surface area contributed by atoms with Crippen molar-refractivity contribution < 1.29 is 0 Å². The molecule has 0 heterocycles. The second kappa shape index (κ2) is 6.87. The molecule has 0 aromatic carbocycles. The number of nitriles is 3. The van der Waals surface area contributed by atoms with E-state index in [4.69, 9.17) is 21.5 Å². The zero-order valence-electron chi connectivity index (χ0n) is 7.06. The second-order valence-corrected chi connectivity index (χ2v) is 2.21. The highest BCUT2D eigenvalue weighted by Crippen LogP contribution is 1.92. The van der Waals surface area contributed by atoms with Crippen molar-refractivity contribution in [2.75, 3.05) is 19.6 Å². The zero-order chi connectivity index (χ0) is 10.1. The van der Waals surface area contributed by atoms with Crippen LogP contribution in [0.1, 0.15) is 0 Å². The molecular formula is C7H10N6. The molecule has 6 nitrogen and oxygen atoms in total. The van der Waals surface area contributed by atoms with Crippen LogP contribution in [0.3, 0.4) is 0 Å².